The fourth-order valence-corrected chi connectivity index (χ4v) is 4.55. The summed E-state index contributed by atoms with van der Waals surface area (Å²) in [4.78, 5) is 27.1. The first kappa shape index (κ1) is 22.2. The van der Waals surface area contributed by atoms with E-state index in [1.54, 1.807) is 12.1 Å². The summed E-state index contributed by atoms with van der Waals surface area (Å²) in [5, 5.41) is 2.98. The number of carbonyl (C=O) groups is 2. The average Bonchev–Trinajstić information content (AvgIpc) is 3.32. The molecule has 1 saturated heterocycles. The molecule has 1 aromatic carbocycles. The van der Waals surface area contributed by atoms with Crippen molar-refractivity contribution in [1.29, 1.82) is 0 Å². The van der Waals surface area contributed by atoms with Crippen LogP contribution < -0.4 is 20.9 Å². The number of likely N-dealkylation sites (tertiary alicyclic amines) is 1. The molecule has 8 nitrogen and oxygen atoms in total. The third-order valence-electron chi connectivity index (χ3n) is 6.18. The van der Waals surface area contributed by atoms with E-state index in [0.717, 1.165) is 31.7 Å². The molecule has 3 amide bonds. The van der Waals surface area contributed by atoms with Gasteiger partial charge in [0.25, 0.3) is 0 Å². The molecule has 1 saturated carbocycles. The topological polar surface area (TPSA) is 95.8 Å². The summed E-state index contributed by atoms with van der Waals surface area (Å²) in [6.07, 6.45) is 8.50. The minimum absolute atomic E-state index is 0.0907. The zero-order valence-electron chi connectivity index (χ0n) is 18.3. The van der Waals surface area contributed by atoms with Gasteiger partial charge in [-0.15, -0.1) is 0 Å². The van der Waals surface area contributed by atoms with Crippen LogP contribution in [-0.2, 0) is 6.61 Å². The minimum Gasteiger partial charge on any atom is -0.486 e. The first-order valence-corrected chi connectivity index (χ1v) is 11.5. The summed E-state index contributed by atoms with van der Waals surface area (Å²) in [5.41, 5.74) is 4.83. The first-order valence-electron chi connectivity index (χ1n) is 11.5. The molecular formula is C24H32N4O4. The van der Waals surface area contributed by atoms with Crippen molar-refractivity contribution in [2.75, 3.05) is 13.1 Å². The van der Waals surface area contributed by atoms with Gasteiger partial charge >= 0.3 is 11.9 Å². The maximum Gasteiger partial charge on any atom is 0.333 e. The zero-order chi connectivity index (χ0) is 22.2. The highest BCUT2D eigenvalue weighted by molar-refractivity contribution is 5.92. The number of benzene rings is 1. The number of rotatable bonds is 6. The van der Waals surface area contributed by atoms with Crippen molar-refractivity contribution < 1.29 is 18.7 Å². The van der Waals surface area contributed by atoms with E-state index in [1.807, 2.05) is 30.3 Å². The van der Waals surface area contributed by atoms with E-state index < -0.39 is 11.9 Å². The lowest BCUT2D eigenvalue weighted by Gasteiger charge is -2.40. The van der Waals surface area contributed by atoms with E-state index >= 15 is 0 Å². The number of nitrogens with zero attached hydrogens (tertiary/aromatic N) is 1. The van der Waals surface area contributed by atoms with Gasteiger partial charge in [0.2, 0.25) is 0 Å². The Balaban J connectivity index is 1.18. The largest absolute Gasteiger partial charge is 0.486 e. The third kappa shape index (κ3) is 6.26. The Kier molecular flexibility index (Phi) is 7.66. The molecule has 1 atom stereocenters. The fraction of sp³-hybridized carbons (Fsp3) is 0.500. The third-order valence-corrected chi connectivity index (χ3v) is 6.18. The molecule has 3 N–H and O–H groups in total. The van der Waals surface area contributed by atoms with Crippen molar-refractivity contribution in [1.82, 2.24) is 21.1 Å². The molecule has 1 unspecified atom stereocenters. The smallest absolute Gasteiger partial charge is 0.333 e. The highest BCUT2D eigenvalue weighted by Gasteiger charge is 2.27. The van der Waals surface area contributed by atoms with Crippen LogP contribution in [-0.4, -0.2) is 42.0 Å². The molecule has 1 aliphatic carbocycles. The Morgan fingerprint density at radius 2 is 1.78 bits per heavy atom. The number of hydrazine groups is 1. The Morgan fingerprint density at radius 1 is 0.969 bits per heavy atom. The van der Waals surface area contributed by atoms with Crippen molar-refractivity contribution >= 4 is 11.9 Å². The van der Waals surface area contributed by atoms with Crippen LogP contribution >= 0.6 is 0 Å². The van der Waals surface area contributed by atoms with Gasteiger partial charge in [-0.1, -0.05) is 37.5 Å². The number of ether oxygens (including phenoxy) is 1. The normalized spacial score (nSPS) is 19.8. The van der Waals surface area contributed by atoms with E-state index in [9.17, 15) is 9.59 Å². The van der Waals surface area contributed by atoms with Crippen LogP contribution in [0.2, 0.25) is 0 Å². The van der Waals surface area contributed by atoms with Crippen molar-refractivity contribution in [2.24, 2.45) is 0 Å². The van der Waals surface area contributed by atoms with Crippen LogP contribution in [0, 0.1) is 0 Å². The quantitative estimate of drug-likeness (QED) is 0.597. The Morgan fingerprint density at radius 3 is 2.59 bits per heavy atom. The number of hydrogen-bond acceptors (Lipinski definition) is 5. The van der Waals surface area contributed by atoms with E-state index in [1.165, 1.54) is 32.1 Å². The monoisotopic (exact) mass is 440 g/mol. The van der Waals surface area contributed by atoms with Gasteiger partial charge in [-0.3, -0.25) is 15.1 Å². The summed E-state index contributed by atoms with van der Waals surface area (Å²) in [7, 11) is 0. The first-order chi connectivity index (χ1) is 15.7. The Bertz CT molecular complexity index is 879. The molecule has 8 heteroatoms. The SMILES string of the molecule is O=C(NNC(=O)c1ccc(COc2ccccc2)o1)NC1CCCN(C2CCCCC2)C1. The van der Waals surface area contributed by atoms with Gasteiger partial charge in [0.05, 0.1) is 0 Å². The van der Waals surface area contributed by atoms with Crippen LogP contribution in [0.3, 0.4) is 0 Å². The second-order valence-corrected chi connectivity index (χ2v) is 8.55. The number of hydrogen-bond donors (Lipinski definition) is 3. The molecule has 4 rings (SSSR count). The number of furan rings is 1. The summed E-state index contributed by atoms with van der Waals surface area (Å²) in [5.74, 6) is 0.836. The van der Waals surface area contributed by atoms with E-state index in [2.05, 4.69) is 21.1 Å². The number of para-hydroxylation sites is 1. The number of piperidine rings is 1. The van der Waals surface area contributed by atoms with Crippen LogP contribution in [0.1, 0.15) is 61.3 Å². The van der Waals surface area contributed by atoms with Crippen LogP contribution in [0.15, 0.2) is 46.9 Å². The lowest BCUT2D eigenvalue weighted by Crippen LogP contribution is -2.55. The van der Waals surface area contributed by atoms with Gasteiger partial charge in [-0.05, 0) is 56.5 Å². The molecule has 32 heavy (non-hydrogen) atoms. The summed E-state index contributed by atoms with van der Waals surface area (Å²) in [6, 6.07) is 12.9. The number of amides is 3. The molecule has 2 aromatic rings. The second-order valence-electron chi connectivity index (χ2n) is 8.55. The highest BCUT2D eigenvalue weighted by atomic mass is 16.5. The van der Waals surface area contributed by atoms with Crippen molar-refractivity contribution in [2.45, 2.75) is 63.6 Å². The fourth-order valence-electron chi connectivity index (χ4n) is 4.55. The lowest BCUT2D eigenvalue weighted by atomic mass is 9.92. The maximum absolute atomic E-state index is 12.3. The summed E-state index contributed by atoms with van der Waals surface area (Å²) >= 11 is 0. The van der Waals surface area contributed by atoms with Crippen molar-refractivity contribution in [3.8, 4) is 5.75 Å². The minimum atomic E-state index is -0.515. The predicted molar refractivity (Wildman–Crippen MR) is 120 cm³/mol. The van der Waals surface area contributed by atoms with E-state index in [0.29, 0.717) is 11.8 Å². The predicted octanol–water partition coefficient (Wildman–Crippen LogP) is 3.60. The second kappa shape index (κ2) is 11.0. The number of carbonyl (C=O) groups excluding carboxylic acids is 2. The van der Waals surface area contributed by atoms with Gasteiger partial charge in [-0.25, -0.2) is 10.2 Å². The van der Waals surface area contributed by atoms with Crippen molar-refractivity contribution in [3.63, 3.8) is 0 Å². The van der Waals surface area contributed by atoms with E-state index in [4.69, 9.17) is 9.15 Å². The van der Waals surface area contributed by atoms with Crippen LogP contribution in [0.5, 0.6) is 5.75 Å². The standard InChI is InChI=1S/C24H32N4O4/c29-23(22-14-13-21(32-22)17-31-20-11-5-2-6-12-20)26-27-24(30)25-18-8-7-15-28(16-18)19-9-3-1-4-10-19/h2,5-6,11-14,18-19H,1,3-4,7-10,15-17H2,(H,26,29)(H2,25,27,30). The van der Waals surface area contributed by atoms with Gasteiger partial charge in [0.1, 0.15) is 18.1 Å². The van der Waals surface area contributed by atoms with Gasteiger partial charge < -0.3 is 14.5 Å². The summed E-state index contributed by atoms with van der Waals surface area (Å²) < 4.78 is 11.1. The number of nitrogens with one attached hydrogen (secondary N) is 3. The molecule has 1 aromatic heterocycles. The zero-order valence-corrected chi connectivity index (χ0v) is 18.3. The molecule has 0 radical (unpaired) electrons. The Labute approximate surface area is 188 Å². The maximum atomic E-state index is 12.3. The van der Waals surface area contributed by atoms with Crippen LogP contribution in [0.4, 0.5) is 4.79 Å². The van der Waals surface area contributed by atoms with Crippen molar-refractivity contribution in [3.05, 3.63) is 54.0 Å². The van der Waals surface area contributed by atoms with E-state index in [-0.39, 0.29) is 18.4 Å². The Hall–Kier alpha value is -3.00. The van der Waals surface area contributed by atoms with Crippen LogP contribution in [0.25, 0.3) is 0 Å². The summed E-state index contributed by atoms with van der Waals surface area (Å²) in [6.45, 7) is 2.19. The van der Waals surface area contributed by atoms with Gasteiger partial charge in [-0.2, -0.15) is 0 Å². The molecular weight excluding hydrogens is 408 g/mol. The molecule has 2 heterocycles. The van der Waals surface area contributed by atoms with Gasteiger partial charge in [0, 0.05) is 18.6 Å². The molecule has 0 bridgehead atoms. The molecule has 2 aliphatic rings. The molecule has 1 aliphatic heterocycles. The average molecular weight is 441 g/mol. The molecule has 0 spiro atoms. The highest BCUT2D eigenvalue weighted by Crippen LogP contribution is 2.25. The molecule has 172 valence electrons. The lowest BCUT2D eigenvalue weighted by molar-refractivity contribution is 0.0900. The number of urea groups is 1. The molecule has 2 fully saturated rings. The van der Waals surface area contributed by atoms with Gasteiger partial charge in [0.15, 0.2) is 5.76 Å².